The monoisotopic (exact) mass is 373 g/mol. The fourth-order valence-electron chi connectivity index (χ4n) is 3.66. The molecule has 1 fully saturated rings. The average Bonchev–Trinajstić information content (AvgIpc) is 3.25. The van der Waals surface area contributed by atoms with E-state index >= 15 is 0 Å². The van der Waals surface area contributed by atoms with Crippen LogP contribution in [0.25, 0.3) is 0 Å². The van der Waals surface area contributed by atoms with Crippen LogP contribution < -0.4 is 4.90 Å². The summed E-state index contributed by atoms with van der Waals surface area (Å²) in [5.41, 5.74) is 3.68. The first kappa shape index (κ1) is 18.0. The van der Waals surface area contributed by atoms with Crippen LogP contribution in [0.1, 0.15) is 21.6 Å². The number of H-pyrrole nitrogens is 1. The van der Waals surface area contributed by atoms with Gasteiger partial charge in [0, 0.05) is 18.4 Å². The molecule has 0 saturated carbocycles. The van der Waals surface area contributed by atoms with Crippen LogP contribution in [-0.4, -0.2) is 40.8 Å². The van der Waals surface area contributed by atoms with Gasteiger partial charge in [0.1, 0.15) is 12.2 Å². The number of aromatic amines is 1. The number of benzene rings is 2. The van der Waals surface area contributed by atoms with E-state index in [4.69, 9.17) is 0 Å². The Hall–Kier alpha value is -3.34. The summed E-state index contributed by atoms with van der Waals surface area (Å²) in [4.78, 5) is 32.4. The third kappa shape index (κ3) is 3.69. The zero-order valence-corrected chi connectivity index (χ0v) is 15.8. The molecule has 4 rings (SSSR count). The molecule has 1 unspecified atom stereocenters. The Morgan fingerprint density at radius 2 is 1.79 bits per heavy atom. The van der Waals surface area contributed by atoms with Crippen LogP contribution in [0.4, 0.5) is 5.69 Å². The standard InChI is InChI=1S/C23H23N3O2/c1-17-9-11-19(12-10-17)25-15-20(14-18-6-3-2-4-7-18)26(16-22(25)27)23(28)21-8-5-13-24-21/h2-13,20,24H,14-16H2,1H3. The molecule has 1 aliphatic rings. The molecule has 28 heavy (non-hydrogen) atoms. The highest BCUT2D eigenvalue weighted by molar-refractivity contribution is 6.01. The van der Waals surface area contributed by atoms with Crippen molar-refractivity contribution in [3.05, 3.63) is 89.7 Å². The summed E-state index contributed by atoms with van der Waals surface area (Å²) >= 11 is 0. The summed E-state index contributed by atoms with van der Waals surface area (Å²) in [6.07, 6.45) is 2.42. The molecule has 0 aliphatic carbocycles. The van der Waals surface area contributed by atoms with E-state index < -0.39 is 0 Å². The highest BCUT2D eigenvalue weighted by Gasteiger charge is 2.36. The Morgan fingerprint density at radius 1 is 1.04 bits per heavy atom. The normalized spacial score (nSPS) is 17.0. The second kappa shape index (κ2) is 7.72. The number of rotatable bonds is 4. The van der Waals surface area contributed by atoms with Gasteiger partial charge in [-0.15, -0.1) is 0 Å². The number of anilines is 1. The van der Waals surface area contributed by atoms with Crippen LogP contribution in [0.5, 0.6) is 0 Å². The maximum Gasteiger partial charge on any atom is 0.271 e. The molecular formula is C23H23N3O2. The molecule has 5 nitrogen and oxygen atoms in total. The van der Waals surface area contributed by atoms with Crippen LogP contribution >= 0.6 is 0 Å². The average molecular weight is 373 g/mol. The highest BCUT2D eigenvalue weighted by Crippen LogP contribution is 2.24. The third-order valence-corrected chi connectivity index (χ3v) is 5.19. The lowest BCUT2D eigenvalue weighted by Gasteiger charge is -2.41. The fraction of sp³-hybridized carbons (Fsp3) is 0.217. The van der Waals surface area contributed by atoms with E-state index in [0.29, 0.717) is 18.7 Å². The molecule has 3 aromatic rings. The molecule has 1 N–H and O–H groups in total. The Kier molecular flexibility index (Phi) is 4.98. The van der Waals surface area contributed by atoms with Crippen molar-refractivity contribution in [1.29, 1.82) is 0 Å². The maximum absolute atomic E-state index is 13.0. The zero-order chi connectivity index (χ0) is 19.5. The number of nitrogens with one attached hydrogen (secondary N) is 1. The summed E-state index contributed by atoms with van der Waals surface area (Å²) in [5.74, 6) is -0.198. The third-order valence-electron chi connectivity index (χ3n) is 5.19. The van der Waals surface area contributed by atoms with Crippen molar-refractivity contribution in [2.45, 2.75) is 19.4 Å². The Bertz CT molecular complexity index is 949. The van der Waals surface area contributed by atoms with Crippen molar-refractivity contribution in [3.63, 3.8) is 0 Å². The summed E-state index contributed by atoms with van der Waals surface area (Å²) in [6.45, 7) is 2.57. The van der Waals surface area contributed by atoms with E-state index in [-0.39, 0.29) is 24.4 Å². The van der Waals surface area contributed by atoms with E-state index in [1.165, 1.54) is 0 Å². The first-order chi connectivity index (χ1) is 13.6. The van der Waals surface area contributed by atoms with Crippen molar-refractivity contribution in [1.82, 2.24) is 9.88 Å². The largest absolute Gasteiger partial charge is 0.357 e. The molecule has 5 heteroatoms. The van der Waals surface area contributed by atoms with Crippen LogP contribution in [0.2, 0.25) is 0 Å². The first-order valence-electron chi connectivity index (χ1n) is 9.47. The van der Waals surface area contributed by atoms with E-state index in [1.807, 2.05) is 49.4 Å². The molecule has 1 saturated heterocycles. The molecule has 2 amide bonds. The van der Waals surface area contributed by atoms with Crippen molar-refractivity contribution < 1.29 is 9.59 Å². The number of aryl methyl sites for hydroxylation is 1. The minimum atomic E-state index is -0.136. The van der Waals surface area contributed by atoms with Gasteiger partial charge in [-0.2, -0.15) is 0 Å². The van der Waals surface area contributed by atoms with Crippen molar-refractivity contribution in [2.75, 3.05) is 18.0 Å². The minimum Gasteiger partial charge on any atom is -0.357 e. The van der Waals surface area contributed by atoms with Gasteiger partial charge in [-0.05, 0) is 43.2 Å². The van der Waals surface area contributed by atoms with Gasteiger partial charge in [0.25, 0.3) is 5.91 Å². The summed E-state index contributed by atoms with van der Waals surface area (Å²) in [6, 6.07) is 21.5. The molecule has 2 aromatic carbocycles. The number of carbonyl (C=O) groups excluding carboxylic acids is 2. The van der Waals surface area contributed by atoms with E-state index in [2.05, 4.69) is 17.1 Å². The lowest BCUT2D eigenvalue weighted by Crippen LogP contribution is -2.59. The predicted octanol–water partition coefficient (Wildman–Crippen LogP) is 3.42. The molecule has 2 heterocycles. The number of amides is 2. The van der Waals surface area contributed by atoms with Crippen LogP contribution in [0, 0.1) is 6.92 Å². The van der Waals surface area contributed by atoms with Crippen LogP contribution in [-0.2, 0) is 11.2 Å². The predicted molar refractivity (Wildman–Crippen MR) is 109 cm³/mol. The summed E-state index contributed by atoms with van der Waals surface area (Å²) in [7, 11) is 0. The quantitative estimate of drug-likeness (QED) is 0.762. The summed E-state index contributed by atoms with van der Waals surface area (Å²) < 4.78 is 0. The second-order valence-electron chi connectivity index (χ2n) is 7.20. The van der Waals surface area contributed by atoms with Gasteiger partial charge in [0.05, 0.1) is 6.04 Å². The van der Waals surface area contributed by atoms with Gasteiger partial charge in [-0.25, -0.2) is 0 Å². The lowest BCUT2D eigenvalue weighted by atomic mass is 10.0. The Labute approximate surface area is 164 Å². The van der Waals surface area contributed by atoms with E-state index in [1.54, 1.807) is 28.1 Å². The Balaban J connectivity index is 1.63. The van der Waals surface area contributed by atoms with Gasteiger partial charge >= 0.3 is 0 Å². The van der Waals surface area contributed by atoms with Gasteiger partial charge in [-0.1, -0.05) is 48.0 Å². The Morgan fingerprint density at radius 3 is 2.46 bits per heavy atom. The fourth-order valence-corrected chi connectivity index (χ4v) is 3.66. The van der Waals surface area contributed by atoms with Crippen LogP contribution in [0.3, 0.4) is 0 Å². The SMILES string of the molecule is Cc1ccc(N2CC(Cc3ccccc3)N(C(=O)c3ccc[nH]3)CC2=O)cc1. The number of nitrogens with zero attached hydrogens (tertiary/aromatic N) is 2. The van der Waals surface area contributed by atoms with Crippen molar-refractivity contribution >= 4 is 17.5 Å². The zero-order valence-electron chi connectivity index (χ0n) is 15.8. The highest BCUT2D eigenvalue weighted by atomic mass is 16.2. The number of hydrogen-bond acceptors (Lipinski definition) is 2. The first-order valence-corrected chi connectivity index (χ1v) is 9.47. The van der Waals surface area contributed by atoms with Gasteiger partial charge in [0.2, 0.25) is 5.91 Å². The molecule has 1 aromatic heterocycles. The molecule has 0 spiro atoms. The molecule has 0 radical (unpaired) electrons. The van der Waals surface area contributed by atoms with Crippen molar-refractivity contribution in [3.8, 4) is 0 Å². The number of carbonyl (C=O) groups is 2. The smallest absolute Gasteiger partial charge is 0.271 e. The molecular weight excluding hydrogens is 350 g/mol. The van der Waals surface area contributed by atoms with E-state index in [0.717, 1.165) is 16.8 Å². The second-order valence-corrected chi connectivity index (χ2v) is 7.20. The number of aromatic nitrogens is 1. The van der Waals surface area contributed by atoms with E-state index in [9.17, 15) is 9.59 Å². The van der Waals surface area contributed by atoms with Crippen LogP contribution in [0.15, 0.2) is 72.9 Å². The lowest BCUT2D eigenvalue weighted by molar-refractivity contribution is -0.121. The number of piperazine rings is 1. The molecule has 142 valence electrons. The van der Waals surface area contributed by atoms with Gasteiger partial charge < -0.3 is 14.8 Å². The topological polar surface area (TPSA) is 56.4 Å². The molecule has 0 bridgehead atoms. The maximum atomic E-state index is 13.0. The van der Waals surface area contributed by atoms with Gasteiger partial charge in [0.15, 0.2) is 0 Å². The molecule has 1 atom stereocenters. The minimum absolute atomic E-state index is 0.0620. The summed E-state index contributed by atoms with van der Waals surface area (Å²) in [5, 5.41) is 0. The molecule has 1 aliphatic heterocycles. The van der Waals surface area contributed by atoms with Crippen molar-refractivity contribution in [2.24, 2.45) is 0 Å². The van der Waals surface area contributed by atoms with Gasteiger partial charge in [-0.3, -0.25) is 9.59 Å². The number of hydrogen-bond donors (Lipinski definition) is 1.